The van der Waals surface area contributed by atoms with Crippen LogP contribution in [0.2, 0.25) is 0 Å². The number of amides is 3. The van der Waals surface area contributed by atoms with Crippen LogP contribution in [-0.2, 0) is 11.3 Å². The van der Waals surface area contributed by atoms with E-state index in [0.717, 1.165) is 43.5 Å². The summed E-state index contributed by atoms with van der Waals surface area (Å²) in [5.74, 6) is 0.637. The number of carbonyl (C=O) groups is 2. The van der Waals surface area contributed by atoms with Gasteiger partial charge >= 0.3 is 6.03 Å². The number of urea groups is 1. The monoisotopic (exact) mass is 444 g/mol. The maximum absolute atomic E-state index is 12.3. The molecule has 0 aliphatic heterocycles. The van der Waals surface area contributed by atoms with Gasteiger partial charge in [-0.15, -0.1) is 10.2 Å². The fourth-order valence-corrected chi connectivity index (χ4v) is 4.68. The van der Waals surface area contributed by atoms with E-state index in [9.17, 15) is 9.59 Å². The highest BCUT2D eigenvalue weighted by Crippen LogP contribution is 2.26. The fourth-order valence-electron chi connectivity index (χ4n) is 3.93. The Labute approximate surface area is 188 Å². The highest BCUT2D eigenvalue weighted by atomic mass is 32.2. The predicted octanol–water partition coefficient (Wildman–Crippen LogP) is 3.20. The number of thioether (sulfide) groups is 1. The van der Waals surface area contributed by atoms with Gasteiger partial charge in [0.25, 0.3) is 0 Å². The van der Waals surface area contributed by atoms with Gasteiger partial charge < -0.3 is 9.88 Å². The predicted molar refractivity (Wildman–Crippen MR) is 122 cm³/mol. The van der Waals surface area contributed by atoms with Crippen LogP contribution in [0.15, 0.2) is 35.5 Å². The Balaban J connectivity index is 1.67. The molecule has 0 saturated heterocycles. The van der Waals surface area contributed by atoms with Crippen LogP contribution in [0, 0.1) is 0 Å². The van der Waals surface area contributed by atoms with E-state index in [0.29, 0.717) is 11.7 Å². The fraction of sp³-hybridized carbons (Fsp3) is 0.545. The SMILES string of the molecule is CCC(c1nnc(SCC(=O)NC(=O)NC2CCCC2)n1Cc1ccccc1)N(C)C. The standard InChI is InChI=1S/C22H32N6O2S/c1-4-18(27(2)3)20-25-26-22(28(20)14-16-10-6-5-7-11-16)31-15-19(29)24-21(30)23-17-12-8-9-13-17/h5-7,10-11,17-18H,4,8-9,12-15H2,1-3H3,(H2,23,24,29,30). The molecule has 0 bridgehead atoms. The zero-order chi connectivity index (χ0) is 22.2. The van der Waals surface area contributed by atoms with Crippen molar-refractivity contribution in [1.29, 1.82) is 0 Å². The average Bonchev–Trinajstić information content (AvgIpc) is 3.38. The van der Waals surface area contributed by atoms with Crippen LogP contribution in [0.4, 0.5) is 4.79 Å². The van der Waals surface area contributed by atoms with Gasteiger partial charge in [-0.05, 0) is 38.9 Å². The van der Waals surface area contributed by atoms with Crippen molar-refractivity contribution in [2.45, 2.75) is 62.8 Å². The first-order valence-electron chi connectivity index (χ1n) is 10.8. The van der Waals surface area contributed by atoms with Crippen LogP contribution < -0.4 is 10.6 Å². The summed E-state index contributed by atoms with van der Waals surface area (Å²) in [6.45, 7) is 2.75. The summed E-state index contributed by atoms with van der Waals surface area (Å²) in [6, 6.07) is 10.0. The molecule has 2 N–H and O–H groups in total. The third kappa shape index (κ3) is 6.54. The van der Waals surface area contributed by atoms with Crippen molar-refractivity contribution in [1.82, 2.24) is 30.3 Å². The second-order valence-electron chi connectivity index (χ2n) is 8.09. The Morgan fingerprint density at radius 3 is 2.55 bits per heavy atom. The number of nitrogens with zero attached hydrogens (tertiary/aromatic N) is 4. The lowest BCUT2D eigenvalue weighted by Gasteiger charge is -2.23. The lowest BCUT2D eigenvalue weighted by Crippen LogP contribution is -2.44. The second-order valence-corrected chi connectivity index (χ2v) is 9.03. The van der Waals surface area contributed by atoms with Gasteiger partial charge in [0.2, 0.25) is 5.91 Å². The van der Waals surface area contributed by atoms with E-state index in [2.05, 4.69) is 49.4 Å². The molecule has 168 valence electrons. The normalized spacial score (nSPS) is 15.2. The van der Waals surface area contributed by atoms with Crippen molar-refractivity contribution in [2.24, 2.45) is 0 Å². The van der Waals surface area contributed by atoms with Crippen molar-refractivity contribution in [2.75, 3.05) is 19.8 Å². The van der Waals surface area contributed by atoms with Crippen LogP contribution in [0.3, 0.4) is 0 Å². The Bertz CT molecular complexity index is 864. The van der Waals surface area contributed by atoms with E-state index in [4.69, 9.17) is 0 Å². The number of hydrogen-bond donors (Lipinski definition) is 2. The maximum Gasteiger partial charge on any atom is 0.321 e. The summed E-state index contributed by atoms with van der Waals surface area (Å²) in [7, 11) is 4.05. The summed E-state index contributed by atoms with van der Waals surface area (Å²) < 4.78 is 2.07. The van der Waals surface area contributed by atoms with E-state index in [-0.39, 0.29) is 23.7 Å². The minimum absolute atomic E-state index is 0.101. The molecule has 3 amide bonds. The molecule has 1 heterocycles. The lowest BCUT2D eigenvalue weighted by molar-refractivity contribution is -0.117. The number of benzene rings is 1. The Morgan fingerprint density at radius 2 is 1.90 bits per heavy atom. The third-order valence-corrected chi connectivity index (χ3v) is 6.48. The van der Waals surface area contributed by atoms with Crippen molar-refractivity contribution in [3.63, 3.8) is 0 Å². The van der Waals surface area contributed by atoms with Crippen molar-refractivity contribution in [3.8, 4) is 0 Å². The van der Waals surface area contributed by atoms with Gasteiger partial charge in [0.05, 0.1) is 18.3 Å². The van der Waals surface area contributed by atoms with E-state index in [1.165, 1.54) is 11.8 Å². The lowest BCUT2D eigenvalue weighted by atomic mass is 10.2. The van der Waals surface area contributed by atoms with E-state index in [1.807, 2.05) is 32.3 Å². The van der Waals surface area contributed by atoms with Gasteiger partial charge in [0, 0.05) is 6.04 Å². The van der Waals surface area contributed by atoms with E-state index in [1.54, 1.807) is 0 Å². The molecule has 0 spiro atoms. The number of hydrogen-bond acceptors (Lipinski definition) is 6. The Hall–Kier alpha value is -2.39. The molecule has 2 aromatic rings. The molecule has 1 atom stereocenters. The zero-order valence-corrected chi connectivity index (χ0v) is 19.3. The van der Waals surface area contributed by atoms with Crippen molar-refractivity contribution >= 4 is 23.7 Å². The van der Waals surface area contributed by atoms with Crippen LogP contribution in [0.1, 0.15) is 56.5 Å². The summed E-state index contributed by atoms with van der Waals surface area (Å²) in [6.07, 6.45) is 5.10. The smallest absolute Gasteiger partial charge is 0.321 e. The molecule has 1 aliphatic rings. The molecule has 1 aromatic heterocycles. The van der Waals surface area contributed by atoms with Gasteiger partial charge in [0.1, 0.15) is 0 Å². The first-order valence-corrected chi connectivity index (χ1v) is 11.8. The topological polar surface area (TPSA) is 92.1 Å². The van der Waals surface area contributed by atoms with Gasteiger partial charge in [-0.1, -0.05) is 61.9 Å². The summed E-state index contributed by atoms with van der Waals surface area (Å²) >= 11 is 1.30. The molecule has 1 fully saturated rings. The first kappa shape index (κ1) is 23.3. The molecule has 0 radical (unpaired) electrons. The van der Waals surface area contributed by atoms with Gasteiger partial charge in [-0.3, -0.25) is 15.0 Å². The third-order valence-electron chi connectivity index (χ3n) is 5.51. The molecule has 9 heteroatoms. The number of aromatic nitrogens is 3. The molecular weight excluding hydrogens is 412 g/mol. The number of nitrogens with one attached hydrogen (secondary N) is 2. The van der Waals surface area contributed by atoms with Crippen LogP contribution in [0.25, 0.3) is 0 Å². The number of imide groups is 1. The van der Waals surface area contributed by atoms with Gasteiger partial charge in [-0.25, -0.2) is 4.79 Å². The molecular formula is C22H32N6O2S. The molecule has 8 nitrogen and oxygen atoms in total. The summed E-state index contributed by atoms with van der Waals surface area (Å²) in [5, 5.41) is 14.8. The highest BCUT2D eigenvalue weighted by molar-refractivity contribution is 7.99. The molecule has 3 rings (SSSR count). The molecule has 1 aromatic carbocycles. The molecule has 1 aliphatic carbocycles. The molecule has 1 unspecified atom stereocenters. The minimum atomic E-state index is -0.414. The quantitative estimate of drug-likeness (QED) is 0.577. The van der Waals surface area contributed by atoms with Crippen LogP contribution in [0.5, 0.6) is 0 Å². The van der Waals surface area contributed by atoms with Crippen LogP contribution >= 0.6 is 11.8 Å². The number of rotatable bonds is 9. The largest absolute Gasteiger partial charge is 0.335 e. The zero-order valence-electron chi connectivity index (χ0n) is 18.5. The van der Waals surface area contributed by atoms with E-state index >= 15 is 0 Å². The van der Waals surface area contributed by atoms with Gasteiger partial charge in [-0.2, -0.15) is 0 Å². The Kier molecular flexibility index (Phi) is 8.48. The molecule has 1 saturated carbocycles. The van der Waals surface area contributed by atoms with Crippen molar-refractivity contribution in [3.05, 3.63) is 41.7 Å². The van der Waals surface area contributed by atoms with Crippen LogP contribution in [-0.4, -0.2) is 57.5 Å². The first-order chi connectivity index (χ1) is 15.0. The highest BCUT2D eigenvalue weighted by Gasteiger charge is 2.23. The maximum atomic E-state index is 12.3. The van der Waals surface area contributed by atoms with Gasteiger partial charge in [0.15, 0.2) is 11.0 Å². The number of carbonyl (C=O) groups excluding carboxylic acids is 2. The average molecular weight is 445 g/mol. The summed E-state index contributed by atoms with van der Waals surface area (Å²) in [4.78, 5) is 26.5. The summed E-state index contributed by atoms with van der Waals surface area (Å²) in [5.41, 5.74) is 1.14. The van der Waals surface area contributed by atoms with Crippen molar-refractivity contribution < 1.29 is 9.59 Å². The van der Waals surface area contributed by atoms with E-state index < -0.39 is 6.03 Å². The Morgan fingerprint density at radius 1 is 1.19 bits per heavy atom. The molecule has 31 heavy (non-hydrogen) atoms. The minimum Gasteiger partial charge on any atom is -0.335 e. The second kappa shape index (κ2) is 11.3.